The summed E-state index contributed by atoms with van der Waals surface area (Å²) < 4.78 is 0. The summed E-state index contributed by atoms with van der Waals surface area (Å²) in [6.45, 7) is 1.84. The average Bonchev–Trinajstić information content (AvgIpc) is 2.46. The average molecular weight is 257 g/mol. The van der Waals surface area contributed by atoms with Crippen LogP contribution in [0.25, 0.3) is 0 Å². The molecule has 0 atom stereocenters. The summed E-state index contributed by atoms with van der Waals surface area (Å²) in [5.74, 6) is 1.20. The second-order valence-electron chi connectivity index (χ2n) is 4.36. The normalized spacial score (nSPS) is 10.2. The third kappa shape index (κ3) is 4.13. The summed E-state index contributed by atoms with van der Waals surface area (Å²) in [4.78, 5) is 10.4. The van der Waals surface area contributed by atoms with E-state index in [4.69, 9.17) is 5.73 Å². The Hall–Kier alpha value is -2.30. The van der Waals surface area contributed by atoms with Crippen molar-refractivity contribution in [3.05, 3.63) is 42.7 Å². The Bertz CT molecular complexity index is 483. The van der Waals surface area contributed by atoms with Gasteiger partial charge in [0.05, 0.1) is 12.4 Å². The quantitative estimate of drug-likeness (QED) is 0.775. The minimum atomic E-state index is 0.439. The molecule has 0 radical (unpaired) electrons. The number of nitrogens with zero attached hydrogens (tertiary/aromatic N) is 3. The van der Waals surface area contributed by atoms with Crippen molar-refractivity contribution in [2.75, 3.05) is 36.1 Å². The summed E-state index contributed by atoms with van der Waals surface area (Å²) in [7, 11) is 2.10. The van der Waals surface area contributed by atoms with Crippen LogP contribution in [0, 0.1) is 0 Å². The SMILES string of the molecule is CN(CCCNc1cnc(N)cn1)c1ccccc1. The summed E-state index contributed by atoms with van der Waals surface area (Å²) in [5, 5.41) is 3.22. The predicted octanol–water partition coefficient (Wildman–Crippen LogP) is 2.00. The van der Waals surface area contributed by atoms with Crippen LogP contribution in [0.2, 0.25) is 0 Å². The van der Waals surface area contributed by atoms with E-state index in [0.29, 0.717) is 5.82 Å². The van der Waals surface area contributed by atoms with Gasteiger partial charge in [0.1, 0.15) is 11.6 Å². The fourth-order valence-electron chi connectivity index (χ4n) is 1.77. The first kappa shape index (κ1) is 13.1. The molecule has 0 amide bonds. The van der Waals surface area contributed by atoms with Gasteiger partial charge in [-0.05, 0) is 18.6 Å². The van der Waals surface area contributed by atoms with Crippen molar-refractivity contribution in [1.29, 1.82) is 0 Å². The van der Waals surface area contributed by atoms with Gasteiger partial charge in [0.25, 0.3) is 0 Å². The van der Waals surface area contributed by atoms with E-state index in [1.165, 1.54) is 5.69 Å². The molecule has 0 fully saturated rings. The van der Waals surface area contributed by atoms with Gasteiger partial charge in [-0.3, -0.25) is 0 Å². The zero-order chi connectivity index (χ0) is 13.5. The Morgan fingerprint density at radius 3 is 2.63 bits per heavy atom. The van der Waals surface area contributed by atoms with Gasteiger partial charge in [-0.1, -0.05) is 18.2 Å². The molecule has 0 aliphatic rings. The number of hydrogen-bond donors (Lipinski definition) is 2. The lowest BCUT2D eigenvalue weighted by molar-refractivity contribution is 0.814. The first-order valence-corrected chi connectivity index (χ1v) is 6.33. The molecule has 0 spiro atoms. The molecule has 0 saturated heterocycles. The molecule has 0 aliphatic heterocycles. The highest BCUT2D eigenvalue weighted by Crippen LogP contribution is 2.11. The van der Waals surface area contributed by atoms with Crippen LogP contribution in [-0.2, 0) is 0 Å². The molecule has 0 bridgehead atoms. The Morgan fingerprint density at radius 2 is 1.95 bits per heavy atom. The molecule has 1 aromatic heterocycles. The van der Waals surface area contributed by atoms with E-state index >= 15 is 0 Å². The minimum Gasteiger partial charge on any atom is -0.382 e. The molecule has 5 heteroatoms. The number of nitrogens with two attached hydrogens (primary N) is 1. The van der Waals surface area contributed by atoms with E-state index in [9.17, 15) is 0 Å². The van der Waals surface area contributed by atoms with Crippen LogP contribution < -0.4 is 16.0 Å². The van der Waals surface area contributed by atoms with E-state index in [-0.39, 0.29) is 0 Å². The zero-order valence-electron chi connectivity index (χ0n) is 11.1. The smallest absolute Gasteiger partial charge is 0.144 e. The fraction of sp³-hybridized carbons (Fsp3) is 0.286. The van der Waals surface area contributed by atoms with Crippen LogP contribution in [0.4, 0.5) is 17.3 Å². The van der Waals surface area contributed by atoms with Crippen molar-refractivity contribution < 1.29 is 0 Å². The van der Waals surface area contributed by atoms with E-state index in [0.717, 1.165) is 25.3 Å². The standard InChI is InChI=1S/C14H19N5/c1-19(12-6-3-2-4-7-12)9-5-8-16-14-11-17-13(15)10-18-14/h2-4,6-7,10-11H,5,8-9H2,1H3,(H2,15,17)(H,16,18). The maximum atomic E-state index is 5.48. The first-order chi connectivity index (χ1) is 9.25. The molecule has 3 N–H and O–H groups in total. The maximum Gasteiger partial charge on any atom is 0.144 e. The van der Waals surface area contributed by atoms with Gasteiger partial charge in [0.15, 0.2) is 0 Å². The number of aromatic nitrogens is 2. The fourth-order valence-corrected chi connectivity index (χ4v) is 1.77. The molecule has 0 saturated carbocycles. The second-order valence-corrected chi connectivity index (χ2v) is 4.36. The number of rotatable bonds is 6. The van der Waals surface area contributed by atoms with Crippen LogP contribution in [0.15, 0.2) is 42.7 Å². The van der Waals surface area contributed by atoms with Crippen molar-refractivity contribution in [1.82, 2.24) is 9.97 Å². The molecular weight excluding hydrogens is 238 g/mol. The first-order valence-electron chi connectivity index (χ1n) is 6.33. The van der Waals surface area contributed by atoms with Gasteiger partial charge in [-0.2, -0.15) is 0 Å². The van der Waals surface area contributed by atoms with Gasteiger partial charge >= 0.3 is 0 Å². The lowest BCUT2D eigenvalue weighted by atomic mass is 10.3. The number of nitrogen functional groups attached to an aromatic ring is 1. The number of anilines is 3. The van der Waals surface area contributed by atoms with Crippen LogP contribution in [0.1, 0.15) is 6.42 Å². The Kier molecular flexibility index (Phi) is 4.55. The molecule has 19 heavy (non-hydrogen) atoms. The third-order valence-corrected chi connectivity index (χ3v) is 2.85. The van der Waals surface area contributed by atoms with Crippen LogP contribution in [-0.4, -0.2) is 30.1 Å². The Balaban J connectivity index is 1.71. The molecule has 0 aliphatic carbocycles. The van der Waals surface area contributed by atoms with Crippen molar-refractivity contribution in [3.63, 3.8) is 0 Å². The Morgan fingerprint density at radius 1 is 1.16 bits per heavy atom. The monoisotopic (exact) mass is 257 g/mol. The van der Waals surface area contributed by atoms with Gasteiger partial charge < -0.3 is 16.0 Å². The maximum absolute atomic E-state index is 5.48. The molecule has 1 aromatic carbocycles. The molecule has 100 valence electrons. The van der Waals surface area contributed by atoms with Crippen molar-refractivity contribution in [2.24, 2.45) is 0 Å². The topological polar surface area (TPSA) is 67.1 Å². The summed E-state index contributed by atoms with van der Waals surface area (Å²) in [6, 6.07) is 10.3. The summed E-state index contributed by atoms with van der Waals surface area (Å²) >= 11 is 0. The lowest BCUT2D eigenvalue weighted by Gasteiger charge is -2.19. The van der Waals surface area contributed by atoms with Gasteiger partial charge in [0.2, 0.25) is 0 Å². The van der Waals surface area contributed by atoms with E-state index < -0.39 is 0 Å². The highest BCUT2D eigenvalue weighted by Gasteiger charge is 1.99. The number of hydrogen-bond acceptors (Lipinski definition) is 5. The summed E-state index contributed by atoms with van der Waals surface area (Å²) in [6.07, 6.45) is 4.23. The minimum absolute atomic E-state index is 0.439. The number of nitrogens with one attached hydrogen (secondary N) is 1. The van der Waals surface area contributed by atoms with Gasteiger partial charge in [-0.15, -0.1) is 0 Å². The van der Waals surface area contributed by atoms with E-state index in [1.54, 1.807) is 12.4 Å². The molecule has 2 rings (SSSR count). The molecular formula is C14H19N5. The molecule has 2 aromatic rings. The van der Waals surface area contributed by atoms with Crippen molar-refractivity contribution >= 4 is 17.3 Å². The lowest BCUT2D eigenvalue weighted by Crippen LogP contribution is -2.20. The molecule has 5 nitrogen and oxygen atoms in total. The summed E-state index contributed by atoms with van der Waals surface area (Å²) in [5.41, 5.74) is 6.71. The molecule has 1 heterocycles. The predicted molar refractivity (Wildman–Crippen MR) is 79.3 cm³/mol. The van der Waals surface area contributed by atoms with Crippen LogP contribution in [0.3, 0.4) is 0 Å². The Labute approximate surface area is 113 Å². The van der Waals surface area contributed by atoms with Crippen LogP contribution >= 0.6 is 0 Å². The highest BCUT2D eigenvalue weighted by molar-refractivity contribution is 5.44. The van der Waals surface area contributed by atoms with E-state index in [2.05, 4.69) is 39.4 Å². The van der Waals surface area contributed by atoms with Crippen molar-refractivity contribution in [2.45, 2.75) is 6.42 Å². The largest absolute Gasteiger partial charge is 0.382 e. The van der Waals surface area contributed by atoms with E-state index in [1.807, 2.05) is 18.2 Å². The van der Waals surface area contributed by atoms with Gasteiger partial charge in [-0.25, -0.2) is 9.97 Å². The second kappa shape index (κ2) is 6.58. The third-order valence-electron chi connectivity index (χ3n) is 2.85. The molecule has 0 unspecified atom stereocenters. The van der Waals surface area contributed by atoms with Gasteiger partial charge in [0, 0.05) is 25.8 Å². The zero-order valence-corrected chi connectivity index (χ0v) is 11.1. The highest BCUT2D eigenvalue weighted by atomic mass is 15.1. The van der Waals surface area contributed by atoms with Crippen LogP contribution in [0.5, 0.6) is 0 Å². The number of para-hydroxylation sites is 1. The number of benzene rings is 1. The van der Waals surface area contributed by atoms with Crippen molar-refractivity contribution in [3.8, 4) is 0 Å².